The van der Waals surface area contributed by atoms with Crippen LogP contribution in [0.1, 0.15) is 25.7 Å². The number of nitrogens with zero attached hydrogens (tertiary/aromatic N) is 1. The van der Waals surface area contributed by atoms with Gasteiger partial charge < -0.3 is 19.5 Å². The second-order valence-electron chi connectivity index (χ2n) is 5.71. The molecule has 0 unspecified atom stereocenters. The SMILES string of the molecule is COC(=O)CCCCCNc1nc(-c2ccc3c(c2)OCCO3)cs1. The number of anilines is 1. The van der Waals surface area contributed by atoms with Crippen LogP contribution in [0.3, 0.4) is 0 Å². The topological polar surface area (TPSA) is 69.7 Å². The number of thiazole rings is 1. The summed E-state index contributed by atoms with van der Waals surface area (Å²) in [5, 5.41) is 6.27. The standard InChI is InChI=1S/C18H22N2O4S/c1-22-17(21)5-3-2-4-8-19-18-20-14(12-25-18)13-6-7-15-16(11-13)24-10-9-23-15/h6-7,11-12H,2-5,8-10H2,1H3,(H,19,20). The first-order valence-corrected chi connectivity index (χ1v) is 9.30. The van der Waals surface area contributed by atoms with Crippen LogP contribution < -0.4 is 14.8 Å². The highest BCUT2D eigenvalue weighted by Crippen LogP contribution is 2.35. The van der Waals surface area contributed by atoms with Crippen LogP contribution in [0.2, 0.25) is 0 Å². The minimum Gasteiger partial charge on any atom is -0.486 e. The van der Waals surface area contributed by atoms with Crippen molar-refractivity contribution in [1.82, 2.24) is 4.98 Å². The van der Waals surface area contributed by atoms with E-state index in [1.807, 2.05) is 23.6 Å². The monoisotopic (exact) mass is 362 g/mol. The fraction of sp³-hybridized carbons (Fsp3) is 0.444. The molecular weight excluding hydrogens is 340 g/mol. The number of ether oxygens (including phenoxy) is 3. The molecule has 1 aromatic heterocycles. The molecule has 25 heavy (non-hydrogen) atoms. The average Bonchev–Trinajstić information content (AvgIpc) is 3.12. The Morgan fingerprint density at radius 2 is 2.08 bits per heavy atom. The summed E-state index contributed by atoms with van der Waals surface area (Å²) in [6.07, 6.45) is 3.33. The first-order valence-electron chi connectivity index (χ1n) is 8.42. The predicted octanol–water partition coefficient (Wildman–Crippen LogP) is 3.73. The third-order valence-electron chi connectivity index (χ3n) is 3.90. The smallest absolute Gasteiger partial charge is 0.305 e. The van der Waals surface area contributed by atoms with E-state index >= 15 is 0 Å². The molecule has 0 radical (unpaired) electrons. The van der Waals surface area contributed by atoms with Gasteiger partial charge in [0.25, 0.3) is 0 Å². The van der Waals surface area contributed by atoms with Crippen molar-refractivity contribution in [2.45, 2.75) is 25.7 Å². The van der Waals surface area contributed by atoms with Gasteiger partial charge in [0.2, 0.25) is 0 Å². The van der Waals surface area contributed by atoms with Gasteiger partial charge in [-0.15, -0.1) is 11.3 Å². The van der Waals surface area contributed by atoms with E-state index in [-0.39, 0.29) is 5.97 Å². The molecule has 0 spiro atoms. The Hall–Kier alpha value is -2.28. The van der Waals surface area contributed by atoms with Crippen molar-refractivity contribution in [3.8, 4) is 22.8 Å². The molecule has 0 amide bonds. The Bertz CT molecular complexity index is 717. The summed E-state index contributed by atoms with van der Waals surface area (Å²) in [5.41, 5.74) is 1.95. The van der Waals surface area contributed by atoms with E-state index in [0.29, 0.717) is 19.6 Å². The molecule has 7 heteroatoms. The van der Waals surface area contributed by atoms with Gasteiger partial charge in [-0.1, -0.05) is 6.42 Å². The Morgan fingerprint density at radius 3 is 2.92 bits per heavy atom. The van der Waals surface area contributed by atoms with E-state index in [4.69, 9.17) is 9.47 Å². The Morgan fingerprint density at radius 1 is 1.24 bits per heavy atom. The summed E-state index contributed by atoms with van der Waals surface area (Å²) >= 11 is 1.59. The van der Waals surface area contributed by atoms with Gasteiger partial charge in [-0.25, -0.2) is 4.98 Å². The molecule has 2 heterocycles. The maximum atomic E-state index is 11.0. The van der Waals surface area contributed by atoms with Gasteiger partial charge >= 0.3 is 5.97 Å². The number of unbranched alkanes of at least 4 members (excludes halogenated alkanes) is 2. The van der Waals surface area contributed by atoms with Crippen LogP contribution in [0.5, 0.6) is 11.5 Å². The van der Waals surface area contributed by atoms with Crippen molar-refractivity contribution in [2.75, 3.05) is 32.2 Å². The molecule has 0 atom stereocenters. The molecule has 2 aromatic rings. The van der Waals surface area contributed by atoms with Crippen molar-refractivity contribution >= 4 is 22.4 Å². The summed E-state index contributed by atoms with van der Waals surface area (Å²) in [4.78, 5) is 15.7. The van der Waals surface area contributed by atoms with Crippen molar-refractivity contribution in [3.05, 3.63) is 23.6 Å². The van der Waals surface area contributed by atoms with Crippen LogP contribution in [0, 0.1) is 0 Å². The molecule has 6 nitrogen and oxygen atoms in total. The molecule has 0 fully saturated rings. The minimum atomic E-state index is -0.142. The van der Waals surface area contributed by atoms with Crippen LogP contribution >= 0.6 is 11.3 Å². The third kappa shape index (κ3) is 4.85. The van der Waals surface area contributed by atoms with E-state index in [1.165, 1.54) is 7.11 Å². The largest absolute Gasteiger partial charge is 0.486 e. The van der Waals surface area contributed by atoms with Crippen LogP contribution in [-0.2, 0) is 9.53 Å². The highest BCUT2D eigenvalue weighted by molar-refractivity contribution is 7.14. The second kappa shape index (κ2) is 8.71. The molecule has 3 rings (SSSR count). The van der Waals surface area contributed by atoms with Crippen LogP contribution in [0.4, 0.5) is 5.13 Å². The summed E-state index contributed by atoms with van der Waals surface area (Å²) < 4.78 is 15.8. The highest BCUT2D eigenvalue weighted by Gasteiger charge is 2.13. The lowest BCUT2D eigenvalue weighted by atomic mass is 10.1. The second-order valence-corrected chi connectivity index (χ2v) is 6.57. The molecular formula is C18H22N2O4S. The molecule has 134 valence electrons. The fourth-order valence-corrected chi connectivity index (χ4v) is 3.31. The highest BCUT2D eigenvalue weighted by atomic mass is 32.1. The molecule has 1 aromatic carbocycles. The number of nitrogens with one attached hydrogen (secondary N) is 1. The maximum absolute atomic E-state index is 11.0. The summed E-state index contributed by atoms with van der Waals surface area (Å²) in [5.74, 6) is 1.42. The van der Waals surface area contributed by atoms with Gasteiger partial charge in [0.1, 0.15) is 13.2 Å². The molecule has 0 saturated heterocycles. The molecule has 0 bridgehead atoms. The third-order valence-corrected chi connectivity index (χ3v) is 4.70. The van der Waals surface area contributed by atoms with E-state index in [2.05, 4.69) is 15.0 Å². The Labute approximate surface area is 151 Å². The molecule has 0 saturated carbocycles. The predicted molar refractivity (Wildman–Crippen MR) is 97.5 cm³/mol. The Balaban J connectivity index is 1.47. The zero-order valence-corrected chi connectivity index (χ0v) is 15.1. The van der Waals surface area contributed by atoms with E-state index < -0.39 is 0 Å². The molecule has 1 aliphatic heterocycles. The fourth-order valence-electron chi connectivity index (χ4n) is 2.56. The number of methoxy groups -OCH3 is 1. The molecule has 0 aliphatic carbocycles. The number of fused-ring (bicyclic) bond motifs is 1. The lowest BCUT2D eigenvalue weighted by Crippen LogP contribution is -2.15. The number of hydrogen-bond donors (Lipinski definition) is 1. The Kier molecular flexibility index (Phi) is 6.11. The number of hydrogen-bond acceptors (Lipinski definition) is 7. The molecule has 1 N–H and O–H groups in total. The number of aromatic nitrogens is 1. The van der Waals surface area contributed by atoms with Crippen molar-refractivity contribution < 1.29 is 19.0 Å². The van der Waals surface area contributed by atoms with Crippen molar-refractivity contribution in [1.29, 1.82) is 0 Å². The van der Waals surface area contributed by atoms with Gasteiger partial charge in [0, 0.05) is 23.9 Å². The van der Waals surface area contributed by atoms with Crippen LogP contribution in [-0.4, -0.2) is 37.8 Å². The lowest BCUT2D eigenvalue weighted by Gasteiger charge is -2.18. The van der Waals surface area contributed by atoms with Gasteiger partial charge in [0.05, 0.1) is 12.8 Å². The maximum Gasteiger partial charge on any atom is 0.305 e. The normalized spacial score (nSPS) is 12.7. The van der Waals surface area contributed by atoms with E-state index in [1.54, 1.807) is 11.3 Å². The number of carbonyl (C=O) groups is 1. The van der Waals surface area contributed by atoms with Crippen LogP contribution in [0.25, 0.3) is 11.3 Å². The van der Waals surface area contributed by atoms with Gasteiger partial charge in [-0.2, -0.15) is 0 Å². The first kappa shape index (κ1) is 17.5. The summed E-state index contributed by atoms with van der Waals surface area (Å²) in [6, 6.07) is 5.90. The zero-order chi connectivity index (χ0) is 17.5. The number of benzene rings is 1. The minimum absolute atomic E-state index is 0.142. The van der Waals surface area contributed by atoms with Gasteiger partial charge in [-0.05, 0) is 31.0 Å². The zero-order valence-electron chi connectivity index (χ0n) is 14.2. The quantitative estimate of drug-likeness (QED) is 0.570. The van der Waals surface area contributed by atoms with E-state index in [9.17, 15) is 4.79 Å². The van der Waals surface area contributed by atoms with Crippen molar-refractivity contribution in [2.24, 2.45) is 0 Å². The van der Waals surface area contributed by atoms with Gasteiger partial charge in [0.15, 0.2) is 16.6 Å². The summed E-state index contributed by atoms with van der Waals surface area (Å²) in [6.45, 7) is 2.02. The van der Waals surface area contributed by atoms with Crippen LogP contribution in [0.15, 0.2) is 23.6 Å². The first-order chi connectivity index (χ1) is 12.3. The summed E-state index contributed by atoms with van der Waals surface area (Å²) in [7, 11) is 1.42. The molecule has 1 aliphatic rings. The van der Waals surface area contributed by atoms with Crippen molar-refractivity contribution in [3.63, 3.8) is 0 Å². The van der Waals surface area contributed by atoms with E-state index in [0.717, 1.165) is 53.7 Å². The lowest BCUT2D eigenvalue weighted by molar-refractivity contribution is -0.140. The number of rotatable bonds is 8. The number of esters is 1. The average molecular weight is 362 g/mol. The number of carbonyl (C=O) groups excluding carboxylic acids is 1. The van der Waals surface area contributed by atoms with Gasteiger partial charge in [-0.3, -0.25) is 4.79 Å².